The van der Waals surface area contributed by atoms with Crippen molar-refractivity contribution in [3.8, 4) is 11.3 Å². The monoisotopic (exact) mass is 328 g/mol. The summed E-state index contributed by atoms with van der Waals surface area (Å²) in [7, 11) is 3.97. The second-order valence-corrected chi connectivity index (χ2v) is 7.02. The van der Waals surface area contributed by atoms with E-state index in [-0.39, 0.29) is 5.91 Å². The lowest BCUT2D eigenvalue weighted by Crippen LogP contribution is -2.31. The third-order valence-electron chi connectivity index (χ3n) is 3.67. The maximum Gasteiger partial charge on any atom is 0.256 e. The van der Waals surface area contributed by atoms with Crippen LogP contribution in [0.15, 0.2) is 40.8 Å². The number of amides is 1. The highest BCUT2D eigenvalue weighted by molar-refractivity contribution is 7.19. The summed E-state index contributed by atoms with van der Waals surface area (Å²) in [6.45, 7) is 3.39. The molecule has 0 aliphatic heterocycles. The molecule has 23 heavy (non-hydrogen) atoms. The first-order valence-corrected chi connectivity index (χ1v) is 8.39. The summed E-state index contributed by atoms with van der Waals surface area (Å²) < 4.78 is 7.01. The molecule has 0 saturated carbocycles. The Morgan fingerprint density at radius 3 is 2.70 bits per heavy atom. The Morgan fingerprint density at radius 2 is 2.00 bits per heavy atom. The van der Waals surface area contributed by atoms with Crippen LogP contribution in [0, 0.1) is 6.92 Å². The Bertz CT molecular complexity index is 818. The number of furan rings is 1. The van der Waals surface area contributed by atoms with Gasteiger partial charge in [0.1, 0.15) is 5.76 Å². The quantitative estimate of drug-likeness (QED) is 0.775. The average molecular weight is 328 g/mol. The number of aryl methyl sites for hydroxylation is 1. The lowest BCUT2D eigenvalue weighted by Gasteiger charge is -2.10. The van der Waals surface area contributed by atoms with Crippen LogP contribution in [-0.4, -0.2) is 38.0 Å². The van der Waals surface area contributed by atoms with Crippen LogP contribution in [-0.2, 0) is 0 Å². The first-order valence-electron chi connectivity index (χ1n) is 7.57. The fourth-order valence-corrected chi connectivity index (χ4v) is 3.51. The van der Waals surface area contributed by atoms with Gasteiger partial charge in [0.05, 0.1) is 10.3 Å². The lowest BCUT2D eigenvalue weighted by molar-refractivity contribution is 0.0951. The number of benzene rings is 1. The molecule has 120 valence electrons. The minimum absolute atomic E-state index is 0.0652. The highest BCUT2D eigenvalue weighted by Crippen LogP contribution is 2.36. The molecule has 0 aliphatic carbocycles. The Balaban J connectivity index is 1.89. The van der Waals surface area contributed by atoms with Gasteiger partial charge in [0.15, 0.2) is 5.58 Å². The summed E-state index contributed by atoms with van der Waals surface area (Å²) in [4.78, 5) is 15.5. The van der Waals surface area contributed by atoms with Crippen molar-refractivity contribution in [3.05, 3.63) is 46.8 Å². The molecule has 2 aromatic heterocycles. The molecular weight excluding hydrogens is 308 g/mol. The van der Waals surface area contributed by atoms with E-state index in [0.717, 1.165) is 27.4 Å². The zero-order valence-electron chi connectivity index (χ0n) is 13.6. The van der Waals surface area contributed by atoms with E-state index >= 15 is 0 Å². The smallest absolute Gasteiger partial charge is 0.256 e. The summed E-state index contributed by atoms with van der Waals surface area (Å²) in [6.07, 6.45) is 0. The highest BCUT2D eigenvalue weighted by Gasteiger charge is 2.20. The second-order valence-electron chi connectivity index (χ2n) is 5.76. The fourth-order valence-electron chi connectivity index (χ4n) is 2.49. The number of rotatable bonds is 5. The van der Waals surface area contributed by atoms with E-state index in [1.807, 2.05) is 62.3 Å². The van der Waals surface area contributed by atoms with Crippen LogP contribution in [0.25, 0.3) is 21.6 Å². The molecule has 2 heterocycles. The van der Waals surface area contributed by atoms with Crippen LogP contribution >= 0.6 is 11.3 Å². The van der Waals surface area contributed by atoms with Gasteiger partial charge in [-0.2, -0.15) is 0 Å². The third-order valence-corrected chi connectivity index (χ3v) is 4.70. The molecule has 0 unspecified atom stereocenters. The topological polar surface area (TPSA) is 45.5 Å². The van der Waals surface area contributed by atoms with Crippen LogP contribution in [0.2, 0.25) is 0 Å². The number of nitrogens with zero attached hydrogens (tertiary/aromatic N) is 1. The number of nitrogens with one attached hydrogen (secondary N) is 1. The zero-order chi connectivity index (χ0) is 16.4. The van der Waals surface area contributed by atoms with Crippen molar-refractivity contribution in [1.29, 1.82) is 0 Å². The van der Waals surface area contributed by atoms with Gasteiger partial charge in [-0.3, -0.25) is 4.79 Å². The minimum atomic E-state index is -0.0652. The van der Waals surface area contributed by atoms with E-state index < -0.39 is 0 Å². The summed E-state index contributed by atoms with van der Waals surface area (Å²) in [6, 6.07) is 12.0. The number of carbonyl (C=O) groups excluding carboxylic acids is 1. The number of hydrogen-bond donors (Lipinski definition) is 1. The molecule has 4 nitrogen and oxygen atoms in total. The van der Waals surface area contributed by atoms with Gasteiger partial charge in [-0.25, -0.2) is 0 Å². The molecule has 3 aromatic rings. The SMILES string of the molecule is Cc1sc2cc(-c3ccccc3)oc2c1C(=O)NCCN(C)C. The lowest BCUT2D eigenvalue weighted by atomic mass is 10.2. The van der Waals surface area contributed by atoms with Gasteiger partial charge in [-0.15, -0.1) is 11.3 Å². The molecule has 0 spiro atoms. The number of fused-ring (bicyclic) bond motifs is 1. The highest BCUT2D eigenvalue weighted by atomic mass is 32.1. The maximum atomic E-state index is 12.5. The Morgan fingerprint density at radius 1 is 1.26 bits per heavy atom. The molecule has 1 aromatic carbocycles. The maximum absolute atomic E-state index is 12.5. The van der Waals surface area contributed by atoms with Crippen molar-refractivity contribution in [3.63, 3.8) is 0 Å². The zero-order valence-corrected chi connectivity index (χ0v) is 14.4. The summed E-state index contributed by atoms with van der Waals surface area (Å²) >= 11 is 1.60. The number of likely N-dealkylation sites (N-methyl/N-ethyl adjacent to an activating group) is 1. The van der Waals surface area contributed by atoms with E-state index in [0.29, 0.717) is 17.7 Å². The van der Waals surface area contributed by atoms with Crippen molar-refractivity contribution < 1.29 is 9.21 Å². The predicted octanol–water partition coefficient (Wildman–Crippen LogP) is 3.76. The Labute approximate surface area is 139 Å². The van der Waals surface area contributed by atoms with E-state index in [2.05, 4.69) is 5.32 Å². The Hall–Kier alpha value is -2.11. The molecule has 1 amide bonds. The molecule has 5 heteroatoms. The van der Waals surface area contributed by atoms with Gasteiger partial charge < -0.3 is 14.6 Å². The minimum Gasteiger partial charge on any atom is -0.454 e. The predicted molar refractivity (Wildman–Crippen MR) is 95.2 cm³/mol. The fraction of sp³-hybridized carbons (Fsp3) is 0.278. The van der Waals surface area contributed by atoms with Crippen molar-refractivity contribution in [1.82, 2.24) is 10.2 Å². The van der Waals surface area contributed by atoms with Gasteiger partial charge in [0.2, 0.25) is 0 Å². The summed E-state index contributed by atoms with van der Waals surface area (Å²) in [5.41, 5.74) is 2.37. The molecule has 0 aliphatic rings. The molecule has 3 rings (SSSR count). The molecule has 1 N–H and O–H groups in total. The molecule has 0 radical (unpaired) electrons. The number of carbonyl (C=O) groups is 1. The van der Waals surface area contributed by atoms with Gasteiger partial charge >= 0.3 is 0 Å². The van der Waals surface area contributed by atoms with Crippen LogP contribution in [0.3, 0.4) is 0 Å². The van der Waals surface area contributed by atoms with Crippen molar-refractivity contribution >= 4 is 27.5 Å². The standard InChI is InChI=1S/C18H20N2O2S/c1-12-16(18(21)19-9-10-20(2)3)17-15(23-12)11-14(22-17)13-7-5-4-6-8-13/h4-8,11H,9-10H2,1-3H3,(H,19,21). The van der Waals surface area contributed by atoms with E-state index in [4.69, 9.17) is 4.42 Å². The van der Waals surface area contributed by atoms with Crippen molar-refractivity contribution in [2.45, 2.75) is 6.92 Å². The second kappa shape index (κ2) is 6.56. The Kier molecular flexibility index (Phi) is 4.50. The van der Waals surface area contributed by atoms with Crippen LogP contribution in [0.1, 0.15) is 15.2 Å². The van der Waals surface area contributed by atoms with E-state index in [1.54, 1.807) is 11.3 Å². The van der Waals surface area contributed by atoms with Gasteiger partial charge in [0, 0.05) is 29.6 Å². The van der Waals surface area contributed by atoms with Gasteiger partial charge in [-0.1, -0.05) is 30.3 Å². The molecule has 0 atom stereocenters. The average Bonchev–Trinajstić information content (AvgIpc) is 3.04. The third kappa shape index (κ3) is 3.30. The van der Waals surface area contributed by atoms with Crippen LogP contribution in [0.4, 0.5) is 0 Å². The summed E-state index contributed by atoms with van der Waals surface area (Å²) in [5, 5.41) is 2.96. The van der Waals surface area contributed by atoms with Crippen LogP contribution in [0.5, 0.6) is 0 Å². The number of hydrogen-bond acceptors (Lipinski definition) is 4. The normalized spacial score (nSPS) is 11.3. The first kappa shape index (κ1) is 15.8. The van der Waals surface area contributed by atoms with E-state index in [9.17, 15) is 4.79 Å². The van der Waals surface area contributed by atoms with Gasteiger partial charge in [0.25, 0.3) is 5.91 Å². The number of thiophene rings is 1. The first-order chi connectivity index (χ1) is 11.1. The van der Waals surface area contributed by atoms with Gasteiger partial charge in [-0.05, 0) is 21.0 Å². The van der Waals surface area contributed by atoms with Crippen LogP contribution < -0.4 is 5.32 Å². The molecule has 0 fully saturated rings. The summed E-state index contributed by atoms with van der Waals surface area (Å²) in [5.74, 6) is 0.735. The molecule has 0 bridgehead atoms. The van der Waals surface area contributed by atoms with Crippen molar-refractivity contribution in [2.24, 2.45) is 0 Å². The molecular formula is C18H20N2O2S. The molecule has 0 saturated heterocycles. The van der Waals surface area contributed by atoms with E-state index in [1.165, 1.54) is 0 Å². The largest absolute Gasteiger partial charge is 0.454 e. The van der Waals surface area contributed by atoms with Crippen molar-refractivity contribution in [2.75, 3.05) is 27.2 Å².